The summed E-state index contributed by atoms with van der Waals surface area (Å²) in [6, 6.07) is 7.55. The Morgan fingerprint density at radius 2 is 2.22 bits per heavy atom. The molecule has 0 spiro atoms. The largest absolute Gasteiger partial charge is 0.481 e. The Bertz CT molecular complexity index is 808. The quantitative estimate of drug-likeness (QED) is 0.925. The molecule has 4 rings (SSSR count). The molecule has 1 aromatic carbocycles. The summed E-state index contributed by atoms with van der Waals surface area (Å²) < 4.78 is 5.75. The van der Waals surface area contributed by atoms with Crippen LogP contribution in [-0.2, 0) is 4.79 Å². The zero-order chi connectivity index (χ0) is 16.2. The van der Waals surface area contributed by atoms with Gasteiger partial charge in [0.1, 0.15) is 5.58 Å². The van der Waals surface area contributed by atoms with Gasteiger partial charge < -0.3 is 14.4 Å². The fraction of sp³-hybridized carbons (Fsp3) is 0.444. The number of carboxylic acid groups (broad SMARTS) is 1. The van der Waals surface area contributed by atoms with Crippen molar-refractivity contribution in [3.8, 4) is 0 Å². The number of benzene rings is 1. The molecule has 5 heteroatoms. The minimum Gasteiger partial charge on any atom is -0.481 e. The van der Waals surface area contributed by atoms with Crippen LogP contribution >= 0.6 is 0 Å². The van der Waals surface area contributed by atoms with Crippen molar-refractivity contribution >= 4 is 22.8 Å². The average Bonchev–Trinajstić information content (AvgIpc) is 3.18. The van der Waals surface area contributed by atoms with Gasteiger partial charge in [0.25, 0.3) is 5.91 Å². The fourth-order valence-corrected chi connectivity index (χ4v) is 4.26. The van der Waals surface area contributed by atoms with Crippen LogP contribution in [0.15, 0.2) is 28.7 Å². The molecule has 2 atom stereocenters. The number of hydrogen-bond donors (Lipinski definition) is 1. The van der Waals surface area contributed by atoms with Gasteiger partial charge in [-0.2, -0.15) is 0 Å². The Balaban J connectivity index is 1.65. The van der Waals surface area contributed by atoms with Gasteiger partial charge in [0.15, 0.2) is 5.76 Å². The van der Waals surface area contributed by atoms with Gasteiger partial charge in [0.2, 0.25) is 0 Å². The Morgan fingerprint density at radius 3 is 2.91 bits per heavy atom. The van der Waals surface area contributed by atoms with Crippen molar-refractivity contribution in [2.24, 2.45) is 11.3 Å². The summed E-state index contributed by atoms with van der Waals surface area (Å²) in [5, 5.41) is 10.5. The standard InChI is InChI=1S/C18H19NO4/c1-11-4-2-5-12-8-14(23-15(11)12)16(20)19-9-13-6-3-7-18(13,10-19)17(21)22/h2,4-5,8,13H,3,6-7,9-10H2,1H3,(H,21,22)/t13-,18+/m0/s1. The summed E-state index contributed by atoms with van der Waals surface area (Å²) in [5.74, 6) is -0.601. The molecule has 2 aliphatic rings. The van der Waals surface area contributed by atoms with E-state index in [4.69, 9.17) is 4.42 Å². The van der Waals surface area contributed by atoms with Crippen LogP contribution < -0.4 is 0 Å². The van der Waals surface area contributed by atoms with E-state index >= 15 is 0 Å². The number of rotatable bonds is 2. The predicted molar refractivity (Wildman–Crippen MR) is 84.3 cm³/mol. The topological polar surface area (TPSA) is 70.8 Å². The third-order valence-corrected chi connectivity index (χ3v) is 5.54. The van der Waals surface area contributed by atoms with Crippen molar-refractivity contribution in [3.05, 3.63) is 35.6 Å². The lowest BCUT2D eigenvalue weighted by Crippen LogP contribution is -2.37. The monoisotopic (exact) mass is 313 g/mol. The maximum atomic E-state index is 12.8. The summed E-state index contributed by atoms with van der Waals surface area (Å²) in [6.07, 6.45) is 2.48. The molecule has 2 heterocycles. The summed E-state index contributed by atoms with van der Waals surface area (Å²) in [7, 11) is 0. The van der Waals surface area contributed by atoms with Gasteiger partial charge in [-0.3, -0.25) is 9.59 Å². The lowest BCUT2D eigenvalue weighted by atomic mass is 9.81. The van der Waals surface area contributed by atoms with Crippen molar-refractivity contribution in [1.29, 1.82) is 0 Å². The van der Waals surface area contributed by atoms with Crippen molar-refractivity contribution in [1.82, 2.24) is 4.90 Å². The zero-order valence-corrected chi connectivity index (χ0v) is 13.0. The summed E-state index contributed by atoms with van der Waals surface area (Å²) >= 11 is 0. The molecule has 1 N–H and O–H groups in total. The number of carbonyl (C=O) groups is 2. The lowest BCUT2D eigenvalue weighted by molar-refractivity contribution is -0.149. The number of carboxylic acids is 1. The van der Waals surface area contributed by atoms with Crippen LogP contribution in [0.1, 0.15) is 35.4 Å². The normalized spacial score (nSPS) is 26.7. The first-order chi connectivity index (χ1) is 11.0. The van der Waals surface area contributed by atoms with Crippen LogP contribution in [0, 0.1) is 18.3 Å². The molecule has 1 saturated carbocycles. The number of fused-ring (bicyclic) bond motifs is 2. The van der Waals surface area contributed by atoms with Crippen LogP contribution in [0.3, 0.4) is 0 Å². The number of hydrogen-bond acceptors (Lipinski definition) is 3. The Hall–Kier alpha value is -2.30. The molecule has 1 aliphatic carbocycles. The molecule has 23 heavy (non-hydrogen) atoms. The van der Waals surface area contributed by atoms with E-state index < -0.39 is 11.4 Å². The highest BCUT2D eigenvalue weighted by Gasteiger charge is 2.56. The molecule has 0 unspecified atom stereocenters. The molecule has 2 aromatic rings. The van der Waals surface area contributed by atoms with Crippen LogP contribution in [0.25, 0.3) is 11.0 Å². The molecule has 1 aromatic heterocycles. The summed E-state index contributed by atoms with van der Waals surface area (Å²) in [5.41, 5.74) is 0.961. The molecular formula is C18H19NO4. The van der Waals surface area contributed by atoms with Crippen molar-refractivity contribution in [2.45, 2.75) is 26.2 Å². The first kappa shape index (κ1) is 14.3. The van der Waals surface area contributed by atoms with E-state index in [2.05, 4.69) is 0 Å². The molecule has 1 aliphatic heterocycles. The molecule has 120 valence electrons. The second-order valence-corrected chi connectivity index (χ2v) is 6.84. The van der Waals surface area contributed by atoms with E-state index in [1.165, 1.54) is 0 Å². The second kappa shape index (κ2) is 4.85. The van der Waals surface area contributed by atoms with Gasteiger partial charge in [-0.25, -0.2) is 0 Å². The van der Waals surface area contributed by atoms with Crippen LogP contribution in [0.4, 0.5) is 0 Å². The first-order valence-electron chi connectivity index (χ1n) is 8.03. The Kier molecular flexibility index (Phi) is 3.01. The van der Waals surface area contributed by atoms with Gasteiger partial charge in [-0.05, 0) is 37.3 Å². The van der Waals surface area contributed by atoms with Gasteiger partial charge in [0.05, 0.1) is 5.41 Å². The highest BCUT2D eigenvalue weighted by molar-refractivity contribution is 5.97. The van der Waals surface area contributed by atoms with Crippen LogP contribution in [0.2, 0.25) is 0 Å². The van der Waals surface area contributed by atoms with Crippen LogP contribution in [-0.4, -0.2) is 35.0 Å². The average molecular weight is 313 g/mol. The first-order valence-corrected chi connectivity index (χ1v) is 8.03. The van der Waals surface area contributed by atoms with Gasteiger partial charge in [0, 0.05) is 18.5 Å². The second-order valence-electron chi connectivity index (χ2n) is 6.84. The molecule has 0 radical (unpaired) electrons. The minimum atomic E-state index is -0.768. The Morgan fingerprint density at radius 1 is 1.39 bits per heavy atom. The molecule has 1 saturated heterocycles. The third-order valence-electron chi connectivity index (χ3n) is 5.54. The van der Waals surface area contributed by atoms with Crippen LogP contribution in [0.5, 0.6) is 0 Å². The summed E-state index contributed by atoms with van der Waals surface area (Å²) in [4.78, 5) is 26.2. The Labute approximate surface area is 133 Å². The number of likely N-dealkylation sites (tertiary alicyclic amines) is 1. The van der Waals surface area contributed by atoms with E-state index in [1.54, 1.807) is 11.0 Å². The molecule has 2 fully saturated rings. The van der Waals surface area contributed by atoms with E-state index in [1.807, 2.05) is 25.1 Å². The highest BCUT2D eigenvalue weighted by atomic mass is 16.4. The van der Waals surface area contributed by atoms with Crippen molar-refractivity contribution in [2.75, 3.05) is 13.1 Å². The maximum absolute atomic E-state index is 12.8. The minimum absolute atomic E-state index is 0.0649. The molecule has 0 bridgehead atoms. The highest BCUT2D eigenvalue weighted by Crippen LogP contribution is 2.49. The number of aliphatic carboxylic acids is 1. The molecule has 1 amide bonds. The number of aryl methyl sites for hydroxylation is 1. The number of nitrogens with zero attached hydrogens (tertiary/aromatic N) is 1. The number of para-hydroxylation sites is 1. The zero-order valence-electron chi connectivity index (χ0n) is 13.0. The van der Waals surface area contributed by atoms with E-state index in [0.717, 1.165) is 29.4 Å². The van der Waals surface area contributed by atoms with E-state index in [9.17, 15) is 14.7 Å². The predicted octanol–water partition coefficient (Wildman–Crippen LogP) is 3.07. The van der Waals surface area contributed by atoms with Gasteiger partial charge in [-0.15, -0.1) is 0 Å². The van der Waals surface area contributed by atoms with Crippen molar-refractivity contribution in [3.63, 3.8) is 0 Å². The van der Waals surface area contributed by atoms with Crippen molar-refractivity contribution < 1.29 is 19.1 Å². The van der Waals surface area contributed by atoms with Gasteiger partial charge >= 0.3 is 5.97 Å². The molecule has 5 nitrogen and oxygen atoms in total. The van der Waals surface area contributed by atoms with Gasteiger partial charge in [-0.1, -0.05) is 24.6 Å². The SMILES string of the molecule is Cc1cccc2cc(C(=O)N3C[C@@H]4CCC[C@@]4(C(=O)O)C3)oc12. The third kappa shape index (κ3) is 1.99. The maximum Gasteiger partial charge on any atom is 0.311 e. The van der Waals surface area contributed by atoms with E-state index in [0.29, 0.717) is 25.3 Å². The molecular weight excluding hydrogens is 294 g/mol. The number of furan rings is 1. The fourth-order valence-electron chi connectivity index (χ4n) is 4.26. The summed E-state index contributed by atoms with van der Waals surface area (Å²) in [6.45, 7) is 2.75. The van der Waals surface area contributed by atoms with E-state index in [-0.39, 0.29) is 11.8 Å². The number of carbonyl (C=O) groups excluding carboxylic acids is 1. The number of amides is 1. The smallest absolute Gasteiger partial charge is 0.311 e. The lowest BCUT2D eigenvalue weighted by Gasteiger charge is -2.22.